The molecular weight excluding hydrogens is 331 g/mol. The number of likely N-dealkylation sites (tertiary alicyclic amines) is 1. The van der Waals surface area contributed by atoms with E-state index in [1.165, 1.54) is 6.07 Å². The average molecular weight is 356 g/mol. The molecule has 0 spiro atoms. The summed E-state index contributed by atoms with van der Waals surface area (Å²) in [5, 5.41) is 13.5. The maximum atomic E-state index is 14.1. The molecular formula is C20H25FN4O. The molecule has 0 saturated carbocycles. The molecule has 1 aliphatic heterocycles. The third-order valence-electron chi connectivity index (χ3n) is 4.96. The zero-order valence-corrected chi connectivity index (χ0v) is 15.6. The van der Waals surface area contributed by atoms with E-state index < -0.39 is 5.82 Å². The van der Waals surface area contributed by atoms with E-state index in [1.807, 2.05) is 10.8 Å². The highest BCUT2D eigenvalue weighted by atomic mass is 19.1. The Kier molecular flexibility index (Phi) is 5.58. The highest BCUT2D eigenvalue weighted by molar-refractivity contribution is 5.33. The smallest absolute Gasteiger partial charge is 0.236 e. The van der Waals surface area contributed by atoms with E-state index in [0.29, 0.717) is 23.0 Å². The fourth-order valence-corrected chi connectivity index (χ4v) is 3.22. The molecule has 0 amide bonds. The number of hydrogen-bond acceptors (Lipinski definition) is 4. The Hall–Kier alpha value is -2.39. The predicted molar refractivity (Wildman–Crippen MR) is 97.5 cm³/mol. The normalized spacial score (nSPS) is 16.0. The van der Waals surface area contributed by atoms with Crippen LogP contribution in [0.3, 0.4) is 0 Å². The maximum Gasteiger partial charge on any atom is 0.236 e. The molecule has 2 heterocycles. The Morgan fingerprint density at radius 3 is 2.69 bits per heavy atom. The van der Waals surface area contributed by atoms with E-state index >= 15 is 0 Å². The third kappa shape index (κ3) is 4.05. The zero-order chi connectivity index (χ0) is 18.7. The predicted octanol–water partition coefficient (Wildman–Crippen LogP) is 3.86. The largest absolute Gasteiger partial charge is 0.471 e. The first-order valence-corrected chi connectivity index (χ1v) is 9.07. The van der Waals surface area contributed by atoms with Crippen molar-refractivity contribution < 1.29 is 9.13 Å². The summed E-state index contributed by atoms with van der Waals surface area (Å²) in [6.45, 7) is 6.43. The van der Waals surface area contributed by atoms with Crippen molar-refractivity contribution in [2.24, 2.45) is 0 Å². The topological polar surface area (TPSA) is 54.1 Å². The molecule has 1 fully saturated rings. The first kappa shape index (κ1) is 18.4. The zero-order valence-electron chi connectivity index (χ0n) is 15.6. The molecule has 0 unspecified atom stereocenters. The van der Waals surface area contributed by atoms with Gasteiger partial charge in [-0.25, -0.2) is 4.39 Å². The molecule has 3 rings (SSSR count). The monoisotopic (exact) mass is 356 g/mol. The third-order valence-corrected chi connectivity index (χ3v) is 4.96. The first-order valence-electron chi connectivity index (χ1n) is 9.07. The van der Waals surface area contributed by atoms with Gasteiger partial charge in [-0.3, -0.25) is 4.68 Å². The minimum Gasteiger partial charge on any atom is -0.471 e. The van der Waals surface area contributed by atoms with E-state index in [1.54, 1.807) is 12.1 Å². The van der Waals surface area contributed by atoms with Crippen molar-refractivity contribution in [3.63, 3.8) is 0 Å². The minimum atomic E-state index is -0.426. The molecule has 6 heteroatoms. The van der Waals surface area contributed by atoms with Gasteiger partial charge in [-0.15, -0.1) is 5.10 Å². The second-order valence-corrected chi connectivity index (χ2v) is 7.27. The van der Waals surface area contributed by atoms with Crippen LogP contribution in [0.25, 0.3) is 0 Å². The van der Waals surface area contributed by atoms with Crippen LogP contribution in [0, 0.1) is 17.1 Å². The molecule has 2 aromatic rings. The van der Waals surface area contributed by atoms with Gasteiger partial charge in [-0.1, -0.05) is 19.9 Å². The van der Waals surface area contributed by atoms with Crippen molar-refractivity contribution in [1.29, 1.82) is 5.26 Å². The van der Waals surface area contributed by atoms with Crippen molar-refractivity contribution >= 4 is 0 Å². The summed E-state index contributed by atoms with van der Waals surface area (Å²) in [4.78, 5) is 2.33. The van der Waals surface area contributed by atoms with Crippen LogP contribution in [-0.2, 0) is 6.61 Å². The van der Waals surface area contributed by atoms with Gasteiger partial charge in [-0.2, -0.15) is 5.26 Å². The molecule has 0 N–H and O–H groups in total. The van der Waals surface area contributed by atoms with Crippen LogP contribution in [0.2, 0.25) is 0 Å². The van der Waals surface area contributed by atoms with Crippen LogP contribution < -0.4 is 4.74 Å². The number of aromatic nitrogens is 2. The van der Waals surface area contributed by atoms with Crippen LogP contribution in [-0.4, -0.2) is 34.8 Å². The molecule has 5 nitrogen and oxygen atoms in total. The molecule has 1 aliphatic rings. The van der Waals surface area contributed by atoms with Crippen molar-refractivity contribution in [2.45, 2.75) is 45.3 Å². The molecule has 0 bridgehead atoms. The maximum absolute atomic E-state index is 14.1. The first-order chi connectivity index (χ1) is 12.5. The van der Waals surface area contributed by atoms with Crippen LogP contribution in [0.1, 0.15) is 55.3 Å². The lowest BCUT2D eigenvalue weighted by Gasteiger charge is -2.28. The lowest BCUT2D eigenvalue weighted by Crippen LogP contribution is -2.31. The number of hydrogen-bond donors (Lipinski definition) is 0. The van der Waals surface area contributed by atoms with E-state index in [-0.39, 0.29) is 12.5 Å². The Bertz CT molecular complexity index is 801. The van der Waals surface area contributed by atoms with Gasteiger partial charge in [0, 0.05) is 17.3 Å². The fourth-order valence-electron chi connectivity index (χ4n) is 3.22. The minimum absolute atomic E-state index is 0.0989. The lowest BCUT2D eigenvalue weighted by molar-refractivity contribution is 0.208. The molecule has 1 saturated heterocycles. The van der Waals surface area contributed by atoms with Crippen molar-refractivity contribution in [1.82, 2.24) is 14.7 Å². The van der Waals surface area contributed by atoms with Crippen molar-refractivity contribution in [3.8, 4) is 11.9 Å². The summed E-state index contributed by atoms with van der Waals surface area (Å²) in [5.41, 5.74) is 1.77. The average Bonchev–Trinajstić information content (AvgIpc) is 3.05. The van der Waals surface area contributed by atoms with Gasteiger partial charge < -0.3 is 9.64 Å². The van der Waals surface area contributed by atoms with E-state index in [4.69, 9.17) is 10.00 Å². The Balaban J connectivity index is 1.75. The molecule has 138 valence electrons. The van der Waals surface area contributed by atoms with Crippen LogP contribution in [0.15, 0.2) is 24.4 Å². The van der Waals surface area contributed by atoms with Gasteiger partial charge in [0.05, 0.1) is 17.7 Å². The van der Waals surface area contributed by atoms with Gasteiger partial charge in [0.1, 0.15) is 12.4 Å². The van der Waals surface area contributed by atoms with Gasteiger partial charge in [0.15, 0.2) is 0 Å². The Labute approximate surface area is 154 Å². The summed E-state index contributed by atoms with van der Waals surface area (Å²) in [6.07, 6.45) is 4.21. The quantitative estimate of drug-likeness (QED) is 0.816. The van der Waals surface area contributed by atoms with Crippen molar-refractivity contribution in [2.75, 3.05) is 20.1 Å². The Morgan fingerprint density at radius 2 is 2.08 bits per heavy atom. The molecule has 0 aliphatic carbocycles. The molecule has 26 heavy (non-hydrogen) atoms. The number of ether oxygens (including phenoxy) is 1. The second kappa shape index (κ2) is 7.88. The van der Waals surface area contributed by atoms with E-state index in [9.17, 15) is 4.39 Å². The summed E-state index contributed by atoms with van der Waals surface area (Å²) >= 11 is 0. The van der Waals surface area contributed by atoms with Gasteiger partial charge in [0.25, 0.3) is 0 Å². The number of benzene rings is 1. The van der Waals surface area contributed by atoms with Gasteiger partial charge in [-0.05, 0) is 51.0 Å². The number of piperidine rings is 1. The second-order valence-electron chi connectivity index (χ2n) is 7.27. The van der Waals surface area contributed by atoms with Crippen LogP contribution in [0.4, 0.5) is 4.39 Å². The SMILES string of the molecule is CC(C)c1cn(C2CCN(C)CC2)nc1OCc1ccc(C#N)cc1F. The summed E-state index contributed by atoms with van der Waals surface area (Å²) in [6, 6.07) is 6.75. The number of rotatable bonds is 5. The molecule has 0 radical (unpaired) electrons. The van der Waals surface area contributed by atoms with Gasteiger partial charge in [0.2, 0.25) is 5.88 Å². The Morgan fingerprint density at radius 1 is 1.35 bits per heavy atom. The van der Waals surface area contributed by atoms with E-state index in [0.717, 1.165) is 31.5 Å². The van der Waals surface area contributed by atoms with Crippen LogP contribution >= 0.6 is 0 Å². The lowest BCUT2D eigenvalue weighted by atomic mass is 10.1. The molecule has 1 aromatic heterocycles. The highest BCUT2D eigenvalue weighted by Gasteiger charge is 2.22. The standard InChI is InChI=1S/C20H25FN4O/c1-14(2)18-12-25(17-6-8-24(3)9-7-17)23-20(18)26-13-16-5-4-15(11-22)10-19(16)21/h4-5,10,12,14,17H,6-9,13H2,1-3H3. The van der Waals surface area contributed by atoms with Crippen molar-refractivity contribution in [3.05, 3.63) is 46.9 Å². The number of nitriles is 1. The highest BCUT2D eigenvalue weighted by Crippen LogP contribution is 2.30. The molecule has 0 atom stereocenters. The number of halogens is 1. The fraction of sp³-hybridized carbons (Fsp3) is 0.500. The number of nitrogens with zero attached hydrogens (tertiary/aromatic N) is 4. The van der Waals surface area contributed by atoms with Gasteiger partial charge >= 0.3 is 0 Å². The van der Waals surface area contributed by atoms with E-state index in [2.05, 4.69) is 37.1 Å². The summed E-state index contributed by atoms with van der Waals surface area (Å²) in [7, 11) is 2.14. The van der Waals surface area contributed by atoms with Crippen LogP contribution in [0.5, 0.6) is 5.88 Å². The summed E-state index contributed by atoms with van der Waals surface area (Å²) < 4.78 is 22.0. The molecule has 1 aromatic carbocycles. The summed E-state index contributed by atoms with van der Waals surface area (Å²) in [5.74, 6) is 0.420.